The standard InChI is InChI=1S/C21H18N2O2/c24-21(23-22-15-7-10-17-8-2-1-3-9-17)16-25-20-14-6-12-18-11-4-5-13-19(18)20/h1-15H,16H2,(H,23,24)/b10-7+,22-15+. The van der Waals surface area contributed by atoms with Gasteiger partial charge in [0.2, 0.25) is 0 Å². The molecule has 1 amide bonds. The number of hydrogen-bond acceptors (Lipinski definition) is 3. The fourth-order valence-corrected chi connectivity index (χ4v) is 2.37. The fourth-order valence-electron chi connectivity index (χ4n) is 2.37. The number of hydrazone groups is 1. The third-order valence-electron chi connectivity index (χ3n) is 3.55. The van der Waals surface area contributed by atoms with Crippen LogP contribution in [0, 0.1) is 0 Å². The quantitative estimate of drug-likeness (QED) is 0.548. The summed E-state index contributed by atoms with van der Waals surface area (Å²) in [5.41, 5.74) is 3.51. The maximum Gasteiger partial charge on any atom is 0.277 e. The number of allylic oxidation sites excluding steroid dienone is 1. The normalized spacial score (nSPS) is 11.2. The first-order valence-corrected chi connectivity index (χ1v) is 7.97. The highest BCUT2D eigenvalue weighted by Gasteiger charge is 2.04. The molecule has 25 heavy (non-hydrogen) atoms. The number of fused-ring (bicyclic) bond motifs is 1. The number of carbonyl (C=O) groups excluding carboxylic acids is 1. The van der Waals surface area contributed by atoms with Crippen molar-refractivity contribution in [2.75, 3.05) is 6.61 Å². The van der Waals surface area contributed by atoms with Gasteiger partial charge in [-0.05, 0) is 23.1 Å². The van der Waals surface area contributed by atoms with Crippen LogP contribution in [0.25, 0.3) is 16.8 Å². The SMILES string of the molecule is O=C(COc1cccc2ccccc12)N/N=C/C=C/c1ccccc1. The molecule has 0 bridgehead atoms. The van der Waals surface area contributed by atoms with Crippen LogP contribution in [0.4, 0.5) is 0 Å². The van der Waals surface area contributed by atoms with Gasteiger partial charge in [-0.1, -0.05) is 72.8 Å². The zero-order valence-electron chi connectivity index (χ0n) is 13.6. The number of benzene rings is 3. The van der Waals surface area contributed by atoms with Gasteiger partial charge in [0.15, 0.2) is 6.61 Å². The Labute approximate surface area is 146 Å². The molecule has 0 fully saturated rings. The van der Waals surface area contributed by atoms with Gasteiger partial charge < -0.3 is 4.74 Å². The van der Waals surface area contributed by atoms with Crippen molar-refractivity contribution in [2.24, 2.45) is 5.10 Å². The van der Waals surface area contributed by atoms with E-state index in [4.69, 9.17) is 4.74 Å². The first kappa shape index (κ1) is 16.5. The average Bonchev–Trinajstić information content (AvgIpc) is 2.67. The molecule has 1 N–H and O–H groups in total. The predicted molar refractivity (Wildman–Crippen MR) is 102 cm³/mol. The van der Waals surface area contributed by atoms with Crippen LogP contribution in [0.1, 0.15) is 5.56 Å². The molecule has 0 atom stereocenters. The van der Waals surface area contributed by atoms with E-state index in [1.165, 1.54) is 6.21 Å². The van der Waals surface area contributed by atoms with E-state index in [0.717, 1.165) is 16.3 Å². The molecule has 0 aliphatic rings. The second-order valence-electron chi connectivity index (χ2n) is 5.35. The van der Waals surface area contributed by atoms with Gasteiger partial charge in [0.25, 0.3) is 5.91 Å². The van der Waals surface area contributed by atoms with Crippen LogP contribution in [0.3, 0.4) is 0 Å². The molecular weight excluding hydrogens is 312 g/mol. The first-order valence-electron chi connectivity index (χ1n) is 7.97. The Bertz CT molecular complexity index is 897. The first-order chi connectivity index (χ1) is 12.3. The Morgan fingerprint density at radius 1 is 0.960 bits per heavy atom. The van der Waals surface area contributed by atoms with Crippen molar-refractivity contribution in [1.82, 2.24) is 5.43 Å². The smallest absolute Gasteiger partial charge is 0.277 e. The number of ether oxygens (including phenoxy) is 1. The largest absolute Gasteiger partial charge is 0.483 e. The van der Waals surface area contributed by atoms with E-state index < -0.39 is 0 Å². The molecule has 3 rings (SSSR count). The molecule has 124 valence electrons. The van der Waals surface area contributed by atoms with Gasteiger partial charge in [0.05, 0.1) is 0 Å². The number of nitrogens with one attached hydrogen (secondary N) is 1. The van der Waals surface area contributed by atoms with Gasteiger partial charge in [-0.2, -0.15) is 5.10 Å². The Morgan fingerprint density at radius 2 is 1.72 bits per heavy atom. The molecule has 4 heteroatoms. The van der Waals surface area contributed by atoms with Crippen LogP contribution in [-0.4, -0.2) is 18.7 Å². The summed E-state index contributed by atoms with van der Waals surface area (Å²) in [7, 11) is 0. The summed E-state index contributed by atoms with van der Waals surface area (Å²) in [6, 6.07) is 23.5. The minimum Gasteiger partial charge on any atom is -0.483 e. The predicted octanol–water partition coefficient (Wildman–Crippen LogP) is 4.03. The maximum atomic E-state index is 11.8. The second-order valence-corrected chi connectivity index (χ2v) is 5.35. The highest BCUT2D eigenvalue weighted by Crippen LogP contribution is 2.24. The minimum absolute atomic E-state index is 0.0895. The van der Waals surface area contributed by atoms with E-state index in [1.807, 2.05) is 78.9 Å². The minimum atomic E-state index is -0.308. The van der Waals surface area contributed by atoms with Crippen molar-refractivity contribution in [3.8, 4) is 5.75 Å². The molecule has 0 aliphatic carbocycles. The molecular formula is C21H18N2O2. The number of hydrogen-bond donors (Lipinski definition) is 1. The fraction of sp³-hybridized carbons (Fsp3) is 0.0476. The van der Waals surface area contributed by atoms with Gasteiger partial charge in [-0.25, -0.2) is 5.43 Å². The lowest BCUT2D eigenvalue weighted by molar-refractivity contribution is -0.123. The molecule has 0 saturated heterocycles. The summed E-state index contributed by atoms with van der Waals surface area (Å²) in [5, 5.41) is 5.92. The maximum absolute atomic E-state index is 11.8. The van der Waals surface area contributed by atoms with Gasteiger partial charge >= 0.3 is 0 Å². The number of carbonyl (C=O) groups is 1. The van der Waals surface area contributed by atoms with Gasteiger partial charge in [0.1, 0.15) is 5.75 Å². The molecule has 0 spiro atoms. The van der Waals surface area contributed by atoms with Crippen molar-refractivity contribution in [1.29, 1.82) is 0 Å². The lowest BCUT2D eigenvalue weighted by Gasteiger charge is -2.08. The van der Waals surface area contributed by atoms with Crippen LogP contribution in [0.2, 0.25) is 0 Å². The highest BCUT2D eigenvalue weighted by atomic mass is 16.5. The summed E-state index contributed by atoms with van der Waals surface area (Å²) in [4.78, 5) is 11.8. The Balaban J connectivity index is 1.49. The lowest BCUT2D eigenvalue weighted by atomic mass is 10.1. The van der Waals surface area contributed by atoms with Crippen molar-refractivity contribution in [2.45, 2.75) is 0 Å². The Kier molecular flexibility index (Phi) is 5.56. The van der Waals surface area contributed by atoms with Gasteiger partial charge in [0, 0.05) is 11.6 Å². The van der Waals surface area contributed by atoms with Crippen LogP contribution in [0.15, 0.2) is 84.0 Å². The van der Waals surface area contributed by atoms with Crippen LogP contribution >= 0.6 is 0 Å². The monoisotopic (exact) mass is 330 g/mol. The van der Waals surface area contributed by atoms with Gasteiger partial charge in [-0.3, -0.25) is 4.79 Å². The zero-order chi connectivity index (χ0) is 17.3. The molecule has 3 aromatic carbocycles. The third kappa shape index (κ3) is 4.78. The van der Waals surface area contributed by atoms with Crippen LogP contribution in [0.5, 0.6) is 5.75 Å². The molecule has 0 heterocycles. The number of nitrogens with zero attached hydrogens (tertiary/aromatic N) is 1. The van der Waals surface area contributed by atoms with Gasteiger partial charge in [-0.15, -0.1) is 0 Å². The van der Waals surface area contributed by atoms with Crippen LogP contribution < -0.4 is 10.2 Å². The summed E-state index contributed by atoms with van der Waals surface area (Å²) in [5.74, 6) is 0.374. The van der Waals surface area contributed by atoms with E-state index in [9.17, 15) is 4.79 Å². The van der Waals surface area contributed by atoms with Crippen LogP contribution in [-0.2, 0) is 4.79 Å². The Hall–Kier alpha value is -3.40. The van der Waals surface area contributed by atoms with E-state index in [1.54, 1.807) is 6.08 Å². The molecule has 0 aromatic heterocycles. The van der Waals surface area contributed by atoms with E-state index in [0.29, 0.717) is 5.75 Å². The Morgan fingerprint density at radius 3 is 2.60 bits per heavy atom. The average molecular weight is 330 g/mol. The van der Waals surface area contributed by atoms with Crippen molar-refractivity contribution >= 4 is 29.0 Å². The van der Waals surface area contributed by atoms with Crippen molar-refractivity contribution < 1.29 is 9.53 Å². The summed E-state index contributed by atoms with van der Waals surface area (Å²) in [6.45, 7) is -0.0895. The topological polar surface area (TPSA) is 50.7 Å². The molecule has 0 radical (unpaired) electrons. The molecule has 3 aromatic rings. The zero-order valence-corrected chi connectivity index (χ0v) is 13.6. The molecule has 0 aliphatic heterocycles. The summed E-state index contributed by atoms with van der Waals surface area (Å²) in [6.07, 6.45) is 5.20. The second kappa shape index (κ2) is 8.45. The summed E-state index contributed by atoms with van der Waals surface area (Å²) < 4.78 is 5.60. The van der Waals surface area contributed by atoms with Crippen molar-refractivity contribution in [3.63, 3.8) is 0 Å². The molecule has 0 saturated carbocycles. The lowest BCUT2D eigenvalue weighted by Crippen LogP contribution is -2.24. The molecule has 4 nitrogen and oxygen atoms in total. The molecule has 0 unspecified atom stereocenters. The number of amides is 1. The summed E-state index contributed by atoms with van der Waals surface area (Å²) >= 11 is 0. The highest BCUT2D eigenvalue weighted by molar-refractivity contribution is 5.88. The van der Waals surface area contributed by atoms with E-state index in [2.05, 4.69) is 10.5 Å². The van der Waals surface area contributed by atoms with Crippen molar-refractivity contribution in [3.05, 3.63) is 84.4 Å². The number of rotatable bonds is 6. The van der Waals surface area contributed by atoms with E-state index in [-0.39, 0.29) is 12.5 Å². The van der Waals surface area contributed by atoms with E-state index >= 15 is 0 Å². The third-order valence-corrected chi connectivity index (χ3v) is 3.55.